The molecular weight excluding hydrogens is 295 g/mol. The van der Waals surface area contributed by atoms with E-state index >= 15 is 0 Å². The van der Waals surface area contributed by atoms with Gasteiger partial charge in [0.25, 0.3) is 0 Å². The van der Waals surface area contributed by atoms with Crippen LogP contribution in [0.3, 0.4) is 0 Å². The number of benzene rings is 1. The van der Waals surface area contributed by atoms with Crippen LogP contribution in [0.25, 0.3) is 0 Å². The SMILES string of the molecule is CC(C)[C@H](Cc1ccc(F)cc1)NC(=O)CCN1CCCC1=O. The summed E-state index contributed by atoms with van der Waals surface area (Å²) in [5.74, 6) is 0.126. The number of likely N-dealkylation sites (tertiary alicyclic amines) is 1. The maximum Gasteiger partial charge on any atom is 0.222 e. The minimum absolute atomic E-state index is 0.00207. The molecule has 0 aromatic heterocycles. The molecule has 1 aliphatic rings. The molecule has 1 aromatic carbocycles. The number of amides is 2. The Labute approximate surface area is 137 Å². The van der Waals surface area contributed by atoms with E-state index < -0.39 is 0 Å². The van der Waals surface area contributed by atoms with Crippen LogP contribution in [0.2, 0.25) is 0 Å². The Hall–Kier alpha value is -1.91. The predicted octanol–water partition coefficient (Wildman–Crippen LogP) is 2.52. The van der Waals surface area contributed by atoms with Gasteiger partial charge in [-0.2, -0.15) is 0 Å². The zero-order chi connectivity index (χ0) is 16.8. The highest BCUT2D eigenvalue weighted by molar-refractivity contribution is 5.80. The van der Waals surface area contributed by atoms with Crippen LogP contribution in [-0.2, 0) is 16.0 Å². The van der Waals surface area contributed by atoms with Gasteiger partial charge in [0.15, 0.2) is 0 Å². The highest BCUT2D eigenvalue weighted by Gasteiger charge is 2.22. The third kappa shape index (κ3) is 5.34. The van der Waals surface area contributed by atoms with E-state index in [1.165, 1.54) is 12.1 Å². The number of rotatable bonds is 7. The first kappa shape index (κ1) is 17.4. The number of hydrogen-bond acceptors (Lipinski definition) is 2. The standard InChI is InChI=1S/C18H25FN2O2/c1-13(2)16(12-14-5-7-15(19)8-6-14)20-17(22)9-11-21-10-3-4-18(21)23/h5-8,13,16H,3-4,9-12H2,1-2H3,(H,20,22)/t16-/m0/s1. The second kappa shape index (κ2) is 8.09. The van der Waals surface area contributed by atoms with E-state index in [1.54, 1.807) is 17.0 Å². The summed E-state index contributed by atoms with van der Waals surface area (Å²) in [5, 5.41) is 3.05. The fourth-order valence-corrected chi connectivity index (χ4v) is 2.78. The number of nitrogens with zero attached hydrogens (tertiary/aromatic N) is 1. The molecule has 1 saturated heterocycles. The first-order chi connectivity index (χ1) is 11.0. The third-order valence-electron chi connectivity index (χ3n) is 4.30. The molecule has 0 aliphatic carbocycles. The van der Waals surface area contributed by atoms with E-state index in [1.807, 2.05) is 0 Å². The zero-order valence-corrected chi connectivity index (χ0v) is 13.8. The molecule has 1 heterocycles. The van der Waals surface area contributed by atoms with Crippen LogP contribution in [-0.4, -0.2) is 35.8 Å². The highest BCUT2D eigenvalue weighted by Crippen LogP contribution is 2.13. The predicted molar refractivity (Wildman–Crippen MR) is 87.3 cm³/mol. The van der Waals surface area contributed by atoms with Gasteiger partial charge >= 0.3 is 0 Å². The first-order valence-corrected chi connectivity index (χ1v) is 8.27. The van der Waals surface area contributed by atoms with Crippen molar-refractivity contribution in [2.24, 2.45) is 5.92 Å². The Bertz CT molecular complexity index is 542. The van der Waals surface area contributed by atoms with Gasteiger partial charge in [0, 0.05) is 32.0 Å². The minimum Gasteiger partial charge on any atom is -0.353 e. The van der Waals surface area contributed by atoms with E-state index in [-0.39, 0.29) is 29.6 Å². The monoisotopic (exact) mass is 320 g/mol. The van der Waals surface area contributed by atoms with Crippen molar-refractivity contribution in [2.45, 2.75) is 45.6 Å². The Morgan fingerprint density at radius 2 is 2.00 bits per heavy atom. The summed E-state index contributed by atoms with van der Waals surface area (Å²) in [6.45, 7) is 5.36. The average Bonchev–Trinajstić information content (AvgIpc) is 2.92. The van der Waals surface area contributed by atoms with E-state index in [9.17, 15) is 14.0 Å². The average molecular weight is 320 g/mol. The molecule has 1 fully saturated rings. The largest absolute Gasteiger partial charge is 0.353 e. The maximum atomic E-state index is 13.0. The van der Waals surface area contributed by atoms with Gasteiger partial charge in [0.2, 0.25) is 11.8 Å². The molecule has 126 valence electrons. The topological polar surface area (TPSA) is 49.4 Å². The van der Waals surface area contributed by atoms with Gasteiger partial charge in [0.05, 0.1) is 0 Å². The number of halogens is 1. The van der Waals surface area contributed by atoms with Crippen molar-refractivity contribution in [3.05, 3.63) is 35.6 Å². The number of carbonyl (C=O) groups excluding carboxylic acids is 2. The lowest BCUT2D eigenvalue weighted by molar-refractivity contribution is -0.128. The summed E-state index contributed by atoms with van der Waals surface area (Å²) < 4.78 is 13.0. The minimum atomic E-state index is -0.255. The molecule has 4 nitrogen and oxygen atoms in total. The van der Waals surface area contributed by atoms with E-state index in [2.05, 4.69) is 19.2 Å². The van der Waals surface area contributed by atoms with Crippen LogP contribution in [0.5, 0.6) is 0 Å². The molecule has 2 rings (SSSR count). The lowest BCUT2D eigenvalue weighted by Gasteiger charge is -2.23. The smallest absolute Gasteiger partial charge is 0.222 e. The van der Waals surface area contributed by atoms with Gasteiger partial charge < -0.3 is 10.2 Å². The lowest BCUT2D eigenvalue weighted by Crippen LogP contribution is -2.41. The quantitative estimate of drug-likeness (QED) is 0.839. The Balaban J connectivity index is 1.84. The molecule has 23 heavy (non-hydrogen) atoms. The van der Waals surface area contributed by atoms with Gasteiger partial charge in [-0.1, -0.05) is 26.0 Å². The molecule has 2 amide bonds. The molecule has 0 unspecified atom stereocenters. The molecule has 1 aliphatic heterocycles. The van der Waals surface area contributed by atoms with Crippen LogP contribution in [0, 0.1) is 11.7 Å². The summed E-state index contributed by atoms with van der Waals surface area (Å²) >= 11 is 0. The summed E-state index contributed by atoms with van der Waals surface area (Å²) in [6, 6.07) is 6.38. The summed E-state index contributed by atoms with van der Waals surface area (Å²) in [7, 11) is 0. The second-order valence-corrected chi connectivity index (χ2v) is 6.48. The van der Waals surface area contributed by atoms with Crippen molar-refractivity contribution in [3.63, 3.8) is 0 Å². The maximum absolute atomic E-state index is 13.0. The lowest BCUT2D eigenvalue weighted by atomic mass is 9.96. The van der Waals surface area contributed by atoms with Gasteiger partial charge in [-0.15, -0.1) is 0 Å². The van der Waals surface area contributed by atoms with Crippen molar-refractivity contribution in [3.8, 4) is 0 Å². The van der Waals surface area contributed by atoms with Gasteiger partial charge in [-0.05, 0) is 36.5 Å². The molecule has 1 atom stereocenters. The summed E-state index contributed by atoms with van der Waals surface area (Å²) in [6.07, 6.45) is 2.49. The van der Waals surface area contributed by atoms with E-state index in [0.29, 0.717) is 25.8 Å². The Kier molecular flexibility index (Phi) is 6.13. The number of carbonyl (C=O) groups is 2. The molecule has 0 spiro atoms. The molecule has 1 aromatic rings. The van der Waals surface area contributed by atoms with Crippen LogP contribution < -0.4 is 5.32 Å². The van der Waals surface area contributed by atoms with Crippen LogP contribution in [0.1, 0.15) is 38.7 Å². The van der Waals surface area contributed by atoms with Crippen LogP contribution in [0.4, 0.5) is 4.39 Å². The van der Waals surface area contributed by atoms with E-state index in [0.717, 1.165) is 18.5 Å². The van der Waals surface area contributed by atoms with Crippen molar-refractivity contribution >= 4 is 11.8 Å². The Morgan fingerprint density at radius 1 is 1.30 bits per heavy atom. The van der Waals surface area contributed by atoms with Gasteiger partial charge in [-0.3, -0.25) is 9.59 Å². The van der Waals surface area contributed by atoms with Crippen molar-refractivity contribution in [2.75, 3.05) is 13.1 Å². The second-order valence-electron chi connectivity index (χ2n) is 6.48. The number of hydrogen-bond donors (Lipinski definition) is 1. The first-order valence-electron chi connectivity index (χ1n) is 8.27. The molecule has 5 heteroatoms. The highest BCUT2D eigenvalue weighted by atomic mass is 19.1. The van der Waals surface area contributed by atoms with Crippen molar-refractivity contribution in [1.29, 1.82) is 0 Å². The fraction of sp³-hybridized carbons (Fsp3) is 0.556. The molecule has 0 radical (unpaired) electrons. The molecular formula is C18H25FN2O2. The van der Waals surface area contributed by atoms with Crippen molar-refractivity contribution < 1.29 is 14.0 Å². The zero-order valence-electron chi connectivity index (χ0n) is 13.8. The number of nitrogens with one attached hydrogen (secondary N) is 1. The van der Waals surface area contributed by atoms with Gasteiger partial charge in [0.1, 0.15) is 5.82 Å². The van der Waals surface area contributed by atoms with Crippen molar-refractivity contribution in [1.82, 2.24) is 10.2 Å². The van der Waals surface area contributed by atoms with Crippen LogP contribution in [0.15, 0.2) is 24.3 Å². The molecule has 0 saturated carbocycles. The summed E-state index contributed by atoms with van der Waals surface area (Å²) in [4.78, 5) is 25.5. The van der Waals surface area contributed by atoms with E-state index in [4.69, 9.17) is 0 Å². The normalized spacial score (nSPS) is 16.0. The fourth-order valence-electron chi connectivity index (χ4n) is 2.78. The Morgan fingerprint density at radius 3 is 2.57 bits per heavy atom. The molecule has 1 N–H and O–H groups in total. The third-order valence-corrected chi connectivity index (χ3v) is 4.30. The van der Waals surface area contributed by atoms with Gasteiger partial charge in [-0.25, -0.2) is 4.39 Å². The summed E-state index contributed by atoms with van der Waals surface area (Å²) in [5.41, 5.74) is 1.00. The molecule has 0 bridgehead atoms. The van der Waals surface area contributed by atoms with Crippen LogP contribution >= 0.6 is 0 Å².